The maximum atomic E-state index is 12.5. The number of hydrogen-bond donors (Lipinski definition) is 1. The van der Waals surface area contributed by atoms with Gasteiger partial charge in [0.2, 0.25) is 0 Å². The van der Waals surface area contributed by atoms with E-state index in [4.69, 9.17) is 4.74 Å². The van der Waals surface area contributed by atoms with Crippen LogP contribution in [0.25, 0.3) is 10.6 Å². The average Bonchev–Trinajstić information content (AvgIpc) is 3.01. The first-order chi connectivity index (χ1) is 10.8. The maximum absolute atomic E-state index is 12.5. The highest BCUT2D eigenvalue weighted by molar-refractivity contribution is 7.13. The van der Waals surface area contributed by atoms with Gasteiger partial charge in [0.15, 0.2) is 5.69 Å². The van der Waals surface area contributed by atoms with Crippen LogP contribution >= 0.6 is 11.3 Å². The Morgan fingerprint density at radius 2 is 2.36 bits per heavy atom. The Kier molecular flexibility index (Phi) is 3.72. The van der Waals surface area contributed by atoms with Crippen LogP contribution < -0.4 is 0 Å². The summed E-state index contributed by atoms with van der Waals surface area (Å²) < 4.78 is 5.89. The van der Waals surface area contributed by atoms with Crippen LogP contribution in [0.2, 0.25) is 0 Å². The van der Waals surface area contributed by atoms with E-state index in [1.807, 2.05) is 28.5 Å². The number of amides is 1. The smallest absolute Gasteiger partial charge is 0.274 e. The molecule has 0 bridgehead atoms. The first-order valence-corrected chi connectivity index (χ1v) is 8.68. The summed E-state index contributed by atoms with van der Waals surface area (Å²) in [5, 5.41) is 9.14. The van der Waals surface area contributed by atoms with Crippen LogP contribution in [0.1, 0.15) is 29.8 Å². The number of aromatic nitrogens is 2. The number of carbonyl (C=O) groups is 1. The van der Waals surface area contributed by atoms with E-state index in [-0.39, 0.29) is 12.0 Å². The molecule has 1 saturated carbocycles. The van der Waals surface area contributed by atoms with E-state index in [9.17, 15) is 4.79 Å². The van der Waals surface area contributed by atoms with Crippen LogP contribution in [0.5, 0.6) is 0 Å². The normalized spacial score (nSPS) is 21.5. The largest absolute Gasteiger partial charge is 0.376 e. The van der Waals surface area contributed by atoms with Gasteiger partial charge in [0, 0.05) is 19.7 Å². The molecule has 22 heavy (non-hydrogen) atoms. The van der Waals surface area contributed by atoms with E-state index in [0.29, 0.717) is 12.2 Å². The molecule has 2 aromatic rings. The Morgan fingerprint density at radius 3 is 3.14 bits per heavy atom. The molecule has 5 nitrogen and oxygen atoms in total. The minimum absolute atomic E-state index is 0.00317. The van der Waals surface area contributed by atoms with Gasteiger partial charge in [-0.3, -0.25) is 9.89 Å². The molecule has 0 radical (unpaired) electrons. The zero-order chi connectivity index (χ0) is 14.9. The fourth-order valence-electron chi connectivity index (χ4n) is 2.76. The van der Waals surface area contributed by atoms with Crippen molar-refractivity contribution in [2.24, 2.45) is 5.92 Å². The van der Waals surface area contributed by atoms with Gasteiger partial charge in [-0.25, -0.2) is 0 Å². The number of thiophene rings is 1. The van der Waals surface area contributed by atoms with Crippen molar-refractivity contribution in [3.05, 3.63) is 29.3 Å². The van der Waals surface area contributed by atoms with Gasteiger partial charge in [0.25, 0.3) is 5.91 Å². The molecule has 4 rings (SSSR count). The third kappa shape index (κ3) is 2.94. The lowest BCUT2D eigenvalue weighted by Gasteiger charge is -2.15. The van der Waals surface area contributed by atoms with Gasteiger partial charge < -0.3 is 9.64 Å². The summed E-state index contributed by atoms with van der Waals surface area (Å²) in [6.07, 6.45) is 3.73. The monoisotopic (exact) mass is 317 g/mol. The highest BCUT2D eigenvalue weighted by atomic mass is 32.1. The third-order valence-electron chi connectivity index (χ3n) is 4.28. The Labute approximate surface area is 133 Å². The molecule has 3 heterocycles. The predicted molar refractivity (Wildman–Crippen MR) is 84.9 cm³/mol. The number of rotatable bonds is 5. The summed E-state index contributed by atoms with van der Waals surface area (Å²) >= 11 is 1.63. The fourth-order valence-corrected chi connectivity index (χ4v) is 3.45. The maximum Gasteiger partial charge on any atom is 0.274 e. The number of aromatic amines is 1. The molecular weight excluding hydrogens is 298 g/mol. The summed E-state index contributed by atoms with van der Waals surface area (Å²) in [4.78, 5) is 15.5. The van der Waals surface area contributed by atoms with Crippen molar-refractivity contribution >= 4 is 17.2 Å². The Balaban J connectivity index is 1.37. The first kappa shape index (κ1) is 14.0. The number of nitrogens with one attached hydrogen (secondary N) is 1. The summed E-state index contributed by atoms with van der Waals surface area (Å²) in [6, 6.07) is 5.85. The van der Waals surface area contributed by atoms with Crippen molar-refractivity contribution in [3.63, 3.8) is 0 Å². The van der Waals surface area contributed by atoms with Gasteiger partial charge in [0.05, 0.1) is 16.7 Å². The lowest BCUT2D eigenvalue weighted by Crippen LogP contribution is -2.30. The fraction of sp³-hybridized carbons (Fsp3) is 0.500. The molecule has 1 unspecified atom stereocenters. The highest BCUT2D eigenvalue weighted by Crippen LogP contribution is 2.30. The van der Waals surface area contributed by atoms with Gasteiger partial charge in [-0.1, -0.05) is 6.07 Å². The van der Waals surface area contributed by atoms with E-state index < -0.39 is 0 Å². The molecule has 0 spiro atoms. The van der Waals surface area contributed by atoms with Crippen molar-refractivity contribution in [1.82, 2.24) is 15.1 Å². The van der Waals surface area contributed by atoms with Crippen molar-refractivity contribution < 1.29 is 9.53 Å². The molecule has 2 aromatic heterocycles. The van der Waals surface area contributed by atoms with E-state index in [2.05, 4.69) is 10.2 Å². The third-order valence-corrected chi connectivity index (χ3v) is 5.18. The molecule has 116 valence electrons. The summed E-state index contributed by atoms with van der Waals surface area (Å²) in [5.74, 6) is 0.765. The number of H-pyrrole nitrogens is 1. The summed E-state index contributed by atoms with van der Waals surface area (Å²) in [7, 11) is 0. The second-order valence-electron chi connectivity index (χ2n) is 6.08. The van der Waals surface area contributed by atoms with E-state index >= 15 is 0 Å². The van der Waals surface area contributed by atoms with Gasteiger partial charge in [-0.15, -0.1) is 11.3 Å². The lowest BCUT2D eigenvalue weighted by molar-refractivity contribution is 0.0479. The SMILES string of the molecule is O=C(c1cc(-c2cccs2)[nH]n1)N1CCC(OCC2CC2)C1. The minimum Gasteiger partial charge on any atom is -0.376 e. The Morgan fingerprint density at radius 1 is 1.45 bits per heavy atom. The topological polar surface area (TPSA) is 58.2 Å². The summed E-state index contributed by atoms with van der Waals surface area (Å²) in [5.41, 5.74) is 1.39. The molecule has 1 atom stereocenters. The van der Waals surface area contributed by atoms with E-state index in [1.165, 1.54) is 12.8 Å². The molecule has 2 aliphatic rings. The minimum atomic E-state index is -0.00317. The lowest BCUT2D eigenvalue weighted by atomic mass is 10.3. The van der Waals surface area contributed by atoms with Crippen LogP contribution in [0.4, 0.5) is 0 Å². The molecule has 1 amide bonds. The molecule has 1 N–H and O–H groups in total. The number of ether oxygens (including phenoxy) is 1. The number of hydrogen-bond acceptors (Lipinski definition) is 4. The van der Waals surface area contributed by atoms with Crippen molar-refractivity contribution in [3.8, 4) is 10.6 Å². The molecule has 1 aliphatic heterocycles. The molecule has 1 aliphatic carbocycles. The molecule has 6 heteroatoms. The van der Waals surface area contributed by atoms with Crippen LogP contribution in [-0.4, -0.2) is 46.8 Å². The zero-order valence-electron chi connectivity index (χ0n) is 12.3. The van der Waals surface area contributed by atoms with Gasteiger partial charge in [-0.2, -0.15) is 5.10 Å². The Hall–Kier alpha value is -1.66. The van der Waals surface area contributed by atoms with Crippen LogP contribution in [0, 0.1) is 5.92 Å². The number of nitrogens with zero attached hydrogens (tertiary/aromatic N) is 2. The van der Waals surface area contributed by atoms with Crippen molar-refractivity contribution in [1.29, 1.82) is 0 Å². The number of carbonyl (C=O) groups excluding carboxylic acids is 1. The van der Waals surface area contributed by atoms with Crippen molar-refractivity contribution in [2.75, 3.05) is 19.7 Å². The standard InChI is InChI=1S/C16H19N3O2S/c20-16(14-8-13(17-18-14)15-2-1-7-22-15)19-6-5-12(9-19)21-10-11-3-4-11/h1-2,7-8,11-12H,3-6,9-10H2,(H,17,18). The van der Waals surface area contributed by atoms with Gasteiger partial charge in [0.1, 0.15) is 0 Å². The van der Waals surface area contributed by atoms with Crippen LogP contribution in [0.3, 0.4) is 0 Å². The zero-order valence-corrected chi connectivity index (χ0v) is 13.1. The van der Waals surface area contributed by atoms with E-state index in [0.717, 1.165) is 36.1 Å². The van der Waals surface area contributed by atoms with Crippen LogP contribution in [-0.2, 0) is 4.74 Å². The average molecular weight is 317 g/mol. The molecule has 2 fully saturated rings. The van der Waals surface area contributed by atoms with Crippen LogP contribution in [0.15, 0.2) is 23.6 Å². The second kappa shape index (κ2) is 5.85. The van der Waals surface area contributed by atoms with Gasteiger partial charge in [-0.05, 0) is 42.7 Å². The molecule has 1 saturated heterocycles. The quantitative estimate of drug-likeness (QED) is 0.922. The molecular formula is C16H19N3O2S. The van der Waals surface area contributed by atoms with E-state index in [1.54, 1.807) is 11.3 Å². The second-order valence-corrected chi connectivity index (χ2v) is 7.03. The highest BCUT2D eigenvalue weighted by Gasteiger charge is 2.30. The Bertz CT molecular complexity index is 648. The molecule has 0 aromatic carbocycles. The summed E-state index contributed by atoms with van der Waals surface area (Å²) in [6.45, 7) is 2.31. The first-order valence-electron chi connectivity index (χ1n) is 7.80. The number of likely N-dealkylation sites (tertiary alicyclic amines) is 1. The van der Waals surface area contributed by atoms with Crippen molar-refractivity contribution in [2.45, 2.75) is 25.4 Å². The predicted octanol–water partition coefficient (Wildman–Crippen LogP) is 2.78. The van der Waals surface area contributed by atoms with Gasteiger partial charge >= 0.3 is 0 Å².